The summed E-state index contributed by atoms with van der Waals surface area (Å²) in [5.41, 5.74) is 0. The third-order valence-corrected chi connectivity index (χ3v) is 3.31. The Labute approximate surface area is 108 Å². The minimum absolute atomic E-state index is 0.0171. The average molecular weight is 257 g/mol. The monoisotopic (exact) mass is 257 g/mol. The van der Waals surface area contributed by atoms with E-state index >= 15 is 0 Å². The molecule has 1 aliphatic heterocycles. The molecule has 1 fully saturated rings. The number of amides is 3. The van der Waals surface area contributed by atoms with Gasteiger partial charge in [-0.3, -0.25) is 0 Å². The highest BCUT2D eigenvalue weighted by molar-refractivity contribution is 5.74. The maximum atomic E-state index is 11.9. The Bertz CT molecular complexity index is 284. The van der Waals surface area contributed by atoms with Crippen molar-refractivity contribution in [3.8, 4) is 0 Å². The highest BCUT2D eigenvalue weighted by Crippen LogP contribution is 2.11. The minimum Gasteiger partial charge on any atom is -0.453 e. The molecule has 6 heteroatoms. The van der Waals surface area contributed by atoms with E-state index in [1.54, 1.807) is 9.80 Å². The highest BCUT2D eigenvalue weighted by atomic mass is 16.5. The number of methoxy groups -OCH3 is 1. The molecular formula is C12H23N3O3. The van der Waals surface area contributed by atoms with Crippen LogP contribution in [-0.2, 0) is 4.74 Å². The van der Waals surface area contributed by atoms with Crippen LogP contribution in [0.15, 0.2) is 0 Å². The summed E-state index contributed by atoms with van der Waals surface area (Å²) in [6, 6.07) is 0.135. The van der Waals surface area contributed by atoms with E-state index in [1.165, 1.54) is 7.11 Å². The topological polar surface area (TPSA) is 61.9 Å². The van der Waals surface area contributed by atoms with Crippen molar-refractivity contribution in [2.24, 2.45) is 0 Å². The van der Waals surface area contributed by atoms with Gasteiger partial charge in [-0.05, 0) is 26.7 Å². The summed E-state index contributed by atoms with van der Waals surface area (Å²) < 4.78 is 4.67. The van der Waals surface area contributed by atoms with Crippen molar-refractivity contribution in [1.82, 2.24) is 15.1 Å². The zero-order valence-electron chi connectivity index (χ0n) is 11.4. The molecule has 0 aromatic carbocycles. The average Bonchev–Trinajstić information content (AvgIpc) is 2.40. The molecule has 3 amide bonds. The predicted molar refractivity (Wildman–Crippen MR) is 68.5 cm³/mol. The number of likely N-dealkylation sites (tertiary alicyclic amines) is 1. The molecule has 0 unspecified atom stereocenters. The fraction of sp³-hybridized carbons (Fsp3) is 0.833. The van der Waals surface area contributed by atoms with Gasteiger partial charge in [0.1, 0.15) is 0 Å². The van der Waals surface area contributed by atoms with Crippen LogP contribution in [-0.4, -0.2) is 61.3 Å². The van der Waals surface area contributed by atoms with Gasteiger partial charge in [0.05, 0.1) is 7.11 Å². The van der Waals surface area contributed by atoms with E-state index in [4.69, 9.17) is 0 Å². The molecule has 1 saturated heterocycles. The molecule has 0 aromatic heterocycles. The minimum atomic E-state index is -0.288. The SMILES string of the molecule is CCN(CC)C(=O)NC1CCN(C(=O)OC)CC1. The largest absolute Gasteiger partial charge is 0.453 e. The number of nitrogens with one attached hydrogen (secondary N) is 1. The molecule has 1 N–H and O–H groups in total. The number of hydrogen-bond donors (Lipinski definition) is 1. The van der Waals surface area contributed by atoms with E-state index in [0.29, 0.717) is 26.2 Å². The molecule has 0 saturated carbocycles. The lowest BCUT2D eigenvalue weighted by Crippen LogP contribution is -2.50. The molecular weight excluding hydrogens is 234 g/mol. The zero-order valence-corrected chi connectivity index (χ0v) is 11.4. The summed E-state index contributed by atoms with van der Waals surface area (Å²) in [4.78, 5) is 26.6. The Morgan fingerprint density at radius 1 is 1.28 bits per heavy atom. The van der Waals surface area contributed by atoms with Gasteiger partial charge in [-0.1, -0.05) is 0 Å². The molecule has 1 heterocycles. The number of carbonyl (C=O) groups excluding carboxylic acids is 2. The molecule has 6 nitrogen and oxygen atoms in total. The summed E-state index contributed by atoms with van der Waals surface area (Å²) in [5, 5.41) is 3.01. The van der Waals surface area contributed by atoms with Crippen molar-refractivity contribution in [3.63, 3.8) is 0 Å². The second kappa shape index (κ2) is 7.08. The van der Waals surface area contributed by atoms with Gasteiger partial charge in [0.2, 0.25) is 0 Å². The molecule has 1 aliphatic rings. The van der Waals surface area contributed by atoms with Crippen molar-refractivity contribution < 1.29 is 14.3 Å². The van der Waals surface area contributed by atoms with Crippen LogP contribution in [0, 0.1) is 0 Å². The third kappa shape index (κ3) is 3.78. The Balaban J connectivity index is 2.35. The van der Waals surface area contributed by atoms with Gasteiger partial charge in [-0.15, -0.1) is 0 Å². The Hall–Kier alpha value is -1.46. The van der Waals surface area contributed by atoms with E-state index in [-0.39, 0.29) is 18.2 Å². The molecule has 104 valence electrons. The first-order valence-corrected chi connectivity index (χ1v) is 6.50. The number of rotatable bonds is 3. The summed E-state index contributed by atoms with van der Waals surface area (Å²) in [7, 11) is 1.39. The van der Waals surface area contributed by atoms with Crippen LogP contribution in [0.4, 0.5) is 9.59 Å². The predicted octanol–water partition coefficient (Wildman–Crippen LogP) is 1.27. The Morgan fingerprint density at radius 3 is 2.28 bits per heavy atom. The van der Waals surface area contributed by atoms with Gasteiger partial charge in [0, 0.05) is 32.2 Å². The van der Waals surface area contributed by atoms with Gasteiger partial charge in [-0.25, -0.2) is 9.59 Å². The van der Waals surface area contributed by atoms with Gasteiger partial charge in [0.25, 0.3) is 0 Å². The standard InChI is InChI=1S/C12H23N3O3/c1-4-14(5-2)11(16)13-10-6-8-15(9-7-10)12(17)18-3/h10H,4-9H2,1-3H3,(H,13,16). The first-order chi connectivity index (χ1) is 8.62. The van der Waals surface area contributed by atoms with Crippen molar-refractivity contribution in [2.45, 2.75) is 32.7 Å². The van der Waals surface area contributed by atoms with Gasteiger partial charge >= 0.3 is 12.1 Å². The molecule has 0 radical (unpaired) electrons. The quantitative estimate of drug-likeness (QED) is 0.828. The normalized spacial score (nSPS) is 16.3. The van der Waals surface area contributed by atoms with E-state index < -0.39 is 0 Å². The van der Waals surface area contributed by atoms with E-state index in [9.17, 15) is 9.59 Å². The molecule has 0 bridgehead atoms. The summed E-state index contributed by atoms with van der Waals surface area (Å²) in [5.74, 6) is 0. The number of urea groups is 1. The van der Waals surface area contributed by atoms with Crippen LogP contribution in [0.3, 0.4) is 0 Å². The maximum absolute atomic E-state index is 11.9. The summed E-state index contributed by atoms with van der Waals surface area (Å²) in [6.45, 7) is 6.62. The lowest BCUT2D eigenvalue weighted by Gasteiger charge is -2.32. The summed E-state index contributed by atoms with van der Waals surface area (Å²) >= 11 is 0. The van der Waals surface area contributed by atoms with Crippen molar-refractivity contribution in [1.29, 1.82) is 0 Å². The Morgan fingerprint density at radius 2 is 1.83 bits per heavy atom. The Kier molecular flexibility index (Phi) is 5.74. The molecule has 0 spiro atoms. The zero-order chi connectivity index (χ0) is 13.5. The summed E-state index contributed by atoms with van der Waals surface area (Å²) in [6.07, 6.45) is 1.27. The van der Waals surface area contributed by atoms with Crippen molar-refractivity contribution >= 4 is 12.1 Å². The first-order valence-electron chi connectivity index (χ1n) is 6.50. The number of piperidine rings is 1. The molecule has 18 heavy (non-hydrogen) atoms. The van der Waals surface area contributed by atoms with Gasteiger partial charge in [0.15, 0.2) is 0 Å². The van der Waals surface area contributed by atoms with Crippen molar-refractivity contribution in [3.05, 3.63) is 0 Å². The van der Waals surface area contributed by atoms with Crippen molar-refractivity contribution in [2.75, 3.05) is 33.3 Å². The lowest BCUT2D eigenvalue weighted by molar-refractivity contribution is 0.109. The van der Waals surface area contributed by atoms with E-state index in [0.717, 1.165) is 12.8 Å². The molecule has 0 aromatic rings. The third-order valence-electron chi connectivity index (χ3n) is 3.31. The lowest BCUT2D eigenvalue weighted by atomic mass is 10.1. The number of nitrogens with zero attached hydrogens (tertiary/aromatic N) is 2. The molecule has 0 aliphatic carbocycles. The van der Waals surface area contributed by atoms with Crippen LogP contribution in [0.25, 0.3) is 0 Å². The van der Waals surface area contributed by atoms with Crippen LogP contribution < -0.4 is 5.32 Å². The number of ether oxygens (including phenoxy) is 1. The van der Waals surface area contributed by atoms with Crippen LogP contribution in [0.1, 0.15) is 26.7 Å². The highest BCUT2D eigenvalue weighted by Gasteiger charge is 2.24. The van der Waals surface area contributed by atoms with Crippen LogP contribution in [0.2, 0.25) is 0 Å². The first kappa shape index (κ1) is 14.6. The maximum Gasteiger partial charge on any atom is 0.409 e. The number of carbonyl (C=O) groups is 2. The fourth-order valence-electron chi connectivity index (χ4n) is 2.11. The molecule has 1 rings (SSSR count). The second-order valence-electron chi connectivity index (χ2n) is 4.35. The number of hydrogen-bond acceptors (Lipinski definition) is 3. The van der Waals surface area contributed by atoms with E-state index in [2.05, 4.69) is 10.1 Å². The molecule has 0 atom stereocenters. The van der Waals surface area contributed by atoms with E-state index in [1.807, 2.05) is 13.8 Å². The van der Waals surface area contributed by atoms with Gasteiger partial charge < -0.3 is 19.9 Å². The van der Waals surface area contributed by atoms with Crippen LogP contribution >= 0.6 is 0 Å². The smallest absolute Gasteiger partial charge is 0.409 e. The van der Waals surface area contributed by atoms with Crippen LogP contribution in [0.5, 0.6) is 0 Å². The fourth-order valence-corrected chi connectivity index (χ4v) is 2.11. The van der Waals surface area contributed by atoms with Gasteiger partial charge in [-0.2, -0.15) is 0 Å². The second-order valence-corrected chi connectivity index (χ2v) is 4.35.